The van der Waals surface area contributed by atoms with Gasteiger partial charge >= 0.3 is 0 Å². The van der Waals surface area contributed by atoms with Gasteiger partial charge in [0.25, 0.3) is 0 Å². The zero-order valence-electron chi connectivity index (χ0n) is 15.4. The largest absolute Gasteiger partial charge is 0.297 e. The van der Waals surface area contributed by atoms with Crippen molar-refractivity contribution >= 4 is 10.0 Å². The molecule has 0 bridgehead atoms. The Hall–Kier alpha value is -1.70. The minimum atomic E-state index is -3.22. The van der Waals surface area contributed by atoms with E-state index in [1.54, 1.807) is 4.31 Å². The molecule has 7 heteroatoms. The van der Waals surface area contributed by atoms with E-state index in [1.807, 2.05) is 30.2 Å². The van der Waals surface area contributed by atoms with Gasteiger partial charge in [-0.1, -0.05) is 30.3 Å². The Morgan fingerprint density at radius 3 is 2.58 bits per heavy atom. The lowest BCUT2D eigenvalue weighted by Gasteiger charge is -2.46. The highest BCUT2D eigenvalue weighted by atomic mass is 32.2. The van der Waals surface area contributed by atoms with Crippen LogP contribution in [0.15, 0.2) is 42.7 Å². The van der Waals surface area contributed by atoms with Crippen LogP contribution in [-0.2, 0) is 29.0 Å². The number of sulfonamides is 1. The summed E-state index contributed by atoms with van der Waals surface area (Å²) < 4.78 is 28.4. The van der Waals surface area contributed by atoms with Crippen molar-refractivity contribution in [3.63, 3.8) is 0 Å². The molecule has 2 fully saturated rings. The van der Waals surface area contributed by atoms with Crippen molar-refractivity contribution in [1.29, 1.82) is 0 Å². The number of aryl methyl sites for hydroxylation is 1. The molecule has 0 aliphatic carbocycles. The van der Waals surface area contributed by atoms with Crippen LogP contribution in [0.3, 0.4) is 0 Å². The molecule has 3 heterocycles. The third-order valence-corrected chi connectivity index (χ3v) is 7.30. The molecule has 2 aliphatic heterocycles. The van der Waals surface area contributed by atoms with Gasteiger partial charge in [0.2, 0.25) is 10.0 Å². The molecule has 26 heavy (non-hydrogen) atoms. The zero-order valence-corrected chi connectivity index (χ0v) is 16.2. The average Bonchev–Trinajstić information content (AvgIpc) is 3.19. The van der Waals surface area contributed by atoms with Crippen LogP contribution in [-0.4, -0.2) is 59.3 Å². The summed E-state index contributed by atoms with van der Waals surface area (Å²) in [5.74, 6) is 0. The normalized spacial score (nSPS) is 27.5. The van der Waals surface area contributed by atoms with Crippen LogP contribution in [0.4, 0.5) is 0 Å². The number of fused-ring (bicyclic) bond motifs is 1. The highest BCUT2D eigenvalue weighted by molar-refractivity contribution is 7.88. The maximum Gasteiger partial charge on any atom is 0.211 e. The molecule has 2 aromatic rings. The molecule has 0 unspecified atom stereocenters. The standard InChI is InChI=1S/C19H26N4O2S/c1-21-13-16(12-20-21)14-22-10-8-19(17-6-4-3-5-7-17)9-11-23(18(19)15-22)26(2,24)25/h3-7,12-13,18H,8-11,14-15H2,1-2H3/t18-,19-/m1/s1. The van der Waals surface area contributed by atoms with E-state index in [2.05, 4.69) is 34.3 Å². The number of piperidine rings is 1. The molecule has 0 saturated carbocycles. The number of hydrogen-bond donors (Lipinski definition) is 0. The Morgan fingerprint density at radius 1 is 1.19 bits per heavy atom. The SMILES string of the molecule is Cn1cc(CN2CC[C@]3(c4ccccc4)CCN(S(C)(=O)=O)[C@@H]3C2)cn1. The van der Waals surface area contributed by atoms with E-state index in [4.69, 9.17) is 0 Å². The molecule has 0 radical (unpaired) electrons. The van der Waals surface area contributed by atoms with Gasteiger partial charge in [-0.2, -0.15) is 9.40 Å². The Labute approximate surface area is 155 Å². The molecular weight excluding hydrogens is 348 g/mol. The fourth-order valence-corrected chi connectivity index (χ4v) is 5.92. The minimum absolute atomic E-state index is 0.00896. The van der Waals surface area contributed by atoms with E-state index >= 15 is 0 Å². The molecule has 2 aliphatic rings. The summed E-state index contributed by atoms with van der Waals surface area (Å²) in [5, 5.41) is 4.25. The maximum atomic E-state index is 12.4. The first-order valence-electron chi connectivity index (χ1n) is 9.11. The van der Waals surface area contributed by atoms with Crippen molar-refractivity contribution in [2.45, 2.75) is 30.8 Å². The van der Waals surface area contributed by atoms with Gasteiger partial charge in [-0.3, -0.25) is 9.58 Å². The average molecular weight is 375 g/mol. The quantitative estimate of drug-likeness (QED) is 0.816. The molecule has 4 rings (SSSR count). The van der Waals surface area contributed by atoms with E-state index in [0.29, 0.717) is 6.54 Å². The Bertz CT molecular complexity index is 880. The summed E-state index contributed by atoms with van der Waals surface area (Å²) in [6.45, 7) is 3.15. The maximum absolute atomic E-state index is 12.4. The van der Waals surface area contributed by atoms with Crippen LogP contribution in [0.5, 0.6) is 0 Å². The molecule has 0 amide bonds. The van der Waals surface area contributed by atoms with Gasteiger partial charge in [-0.05, 0) is 24.9 Å². The number of nitrogens with zero attached hydrogens (tertiary/aromatic N) is 4. The van der Waals surface area contributed by atoms with Gasteiger partial charge in [0, 0.05) is 49.9 Å². The van der Waals surface area contributed by atoms with Gasteiger partial charge in [0.1, 0.15) is 0 Å². The molecule has 6 nitrogen and oxygen atoms in total. The lowest BCUT2D eigenvalue weighted by molar-refractivity contribution is 0.110. The van der Waals surface area contributed by atoms with Crippen molar-refractivity contribution in [3.8, 4) is 0 Å². The summed E-state index contributed by atoms with van der Waals surface area (Å²) >= 11 is 0. The topological polar surface area (TPSA) is 58.4 Å². The second-order valence-corrected chi connectivity index (χ2v) is 9.60. The highest BCUT2D eigenvalue weighted by Crippen LogP contribution is 2.46. The van der Waals surface area contributed by atoms with Crippen LogP contribution >= 0.6 is 0 Å². The van der Waals surface area contributed by atoms with Crippen molar-refractivity contribution in [2.75, 3.05) is 25.9 Å². The summed E-state index contributed by atoms with van der Waals surface area (Å²) in [6, 6.07) is 10.5. The van der Waals surface area contributed by atoms with E-state index < -0.39 is 10.0 Å². The summed E-state index contributed by atoms with van der Waals surface area (Å²) in [5.41, 5.74) is 2.37. The second kappa shape index (κ2) is 6.48. The Balaban J connectivity index is 1.64. The lowest BCUT2D eigenvalue weighted by atomic mass is 9.69. The number of rotatable bonds is 4. The Kier molecular flexibility index (Phi) is 4.41. The van der Waals surface area contributed by atoms with Crippen molar-refractivity contribution < 1.29 is 8.42 Å². The van der Waals surface area contributed by atoms with Gasteiger partial charge in [-0.25, -0.2) is 8.42 Å². The molecule has 0 N–H and O–H groups in total. The fourth-order valence-electron chi connectivity index (χ4n) is 4.76. The van der Waals surface area contributed by atoms with E-state index in [1.165, 1.54) is 17.4 Å². The van der Waals surface area contributed by atoms with Crippen LogP contribution in [0.2, 0.25) is 0 Å². The molecule has 2 atom stereocenters. The first kappa shape index (κ1) is 17.7. The fraction of sp³-hybridized carbons (Fsp3) is 0.526. The highest BCUT2D eigenvalue weighted by Gasteiger charge is 2.53. The summed E-state index contributed by atoms with van der Waals surface area (Å²) in [6.07, 6.45) is 7.14. The molecule has 1 aromatic heterocycles. The van der Waals surface area contributed by atoms with Crippen molar-refractivity contribution in [1.82, 2.24) is 19.0 Å². The first-order chi connectivity index (χ1) is 12.4. The van der Waals surface area contributed by atoms with Gasteiger partial charge in [0.15, 0.2) is 0 Å². The van der Waals surface area contributed by atoms with Crippen molar-refractivity contribution in [2.24, 2.45) is 7.05 Å². The van der Waals surface area contributed by atoms with Crippen LogP contribution < -0.4 is 0 Å². The van der Waals surface area contributed by atoms with E-state index in [9.17, 15) is 8.42 Å². The second-order valence-electron chi connectivity index (χ2n) is 7.67. The monoisotopic (exact) mass is 374 g/mol. The zero-order chi connectivity index (χ0) is 18.4. The van der Waals surface area contributed by atoms with Gasteiger partial charge in [-0.15, -0.1) is 0 Å². The van der Waals surface area contributed by atoms with Crippen LogP contribution in [0, 0.1) is 0 Å². The Morgan fingerprint density at radius 2 is 1.92 bits per heavy atom. The molecule has 1 aromatic carbocycles. The predicted octanol–water partition coefficient (Wildman–Crippen LogP) is 1.60. The molecular formula is C19H26N4O2S. The smallest absolute Gasteiger partial charge is 0.211 e. The minimum Gasteiger partial charge on any atom is -0.297 e. The summed E-state index contributed by atoms with van der Waals surface area (Å²) in [7, 11) is -1.30. The lowest BCUT2D eigenvalue weighted by Crippen LogP contribution is -2.56. The predicted molar refractivity (Wildman–Crippen MR) is 101 cm³/mol. The summed E-state index contributed by atoms with van der Waals surface area (Å²) in [4.78, 5) is 2.37. The van der Waals surface area contributed by atoms with Crippen LogP contribution in [0.1, 0.15) is 24.0 Å². The van der Waals surface area contributed by atoms with Gasteiger partial charge < -0.3 is 0 Å². The third kappa shape index (κ3) is 3.08. The van der Waals surface area contributed by atoms with Crippen molar-refractivity contribution in [3.05, 3.63) is 53.9 Å². The van der Waals surface area contributed by atoms with E-state index in [0.717, 1.165) is 32.5 Å². The molecule has 0 spiro atoms. The number of benzene rings is 1. The molecule has 140 valence electrons. The number of likely N-dealkylation sites (tertiary alicyclic amines) is 1. The van der Waals surface area contributed by atoms with Crippen LogP contribution in [0.25, 0.3) is 0 Å². The molecule has 2 saturated heterocycles. The third-order valence-electron chi connectivity index (χ3n) is 6.01. The van der Waals surface area contributed by atoms with E-state index in [-0.39, 0.29) is 11.5 Å². The number of hydrogen-bond acceptors (Lipinski definition) is 4. The first-order valence-corrected chi connectivity index (χ1v) is 11.0. The van der Waals surface area contributed by atoms with Gasteiger partial charge in [0.05, 0.1) is 12.5 Å². The number of aromatic nitrogens is 2.